The van der Waals surface area contributed by atoms with Gasteiger partial charge in [0.25, 0.3) is 11.8 Å². The number of hydrogen-bond acceptors (Lipinski definition) is 7. The molecule has 39 heavy (non-hydrogen) atoms. The summed E-state index contributed by atoms with van der Waals surface area (Å²) in [7, 11) is -3.79. The summed E-state index contributed by atoms with van der Waals surface area (Å²) in [5.74, 6) is -0.606. The third-order valence-corrected chi connectivity index (χ3v) is 12.2. The molecule has 1 aromatic heterocycles. The molecule has 2 aromatic rings. The zero-order valence-corrected chi connectivity index (χ0v) is 23.9. The van der Waals surface area contributed by atoms with Crippen LogP contribution in [-0.4, -0.2) is 81.1 Å². The first-order valence-corrected chi connectivity index (χ1v) is 15.3. The summed E-state index contributed by atoms with van der Waals surface area (Å²) >= 11 is 5.91. The second-order valence-electron chi connectivity index (χ2n) is 11.5. The molecule has 1 aromatic carbocycles. The molecule has 5 rings (SSSR count). The monoisotopic (exact) mass is 577 g/mol. The van der Waals surface area contributed by atoms with Crippen molar-refractivity contribution in [2.75, 3.05) is 19.6 Å². The molecule has 0 spiro atoms. The maximum atomic E-state index is 13.8. The van der Waals surface area contributed by atoms with Gasteiger partial charge in [0, 0.05) is 43.8 Å². The van der Waals surface area contributed by atoms with Gasteiger partial charge in [-0.3, -0.25) is 9.59 Å². The SMILES string of the molecule is CC(C)(C(O)CNC1CCC1)S(=O)(=O)C1(CN2CCn3c(cnc3C(=O)NCc3ccc(Cl)cc3)C2=O)CC1. The molecule has 212 valence electrons. The van der Waals surface area contributed by atoms with Crippen LogP contribution in [0.5, 0.6) is 0 Å². The van der Waals surface area contributed by atoms with Gasteiger partial charge in [0.1, 0.15) is 5.69 Å². The van der Waals surface area contributed by atoms with E-state index in [4.69, 9.17) is 11.6 Å². The zero-order chi connectivity index (χ0) is 28.0. The molecule has 0 radical (unpaired) electrons. The van der Waals surface area contributed by atoms with Crippen LogP contribution in [0.15, 0.2) is 30.5 Å². The fraction of sp³-hybridized carbons (Fsp3) is 0.593. The number of halogens is 1. The third-order valence-electron chi connectivity index (χ3n) is 8.58. The highest BCUT2D eigenvalue weighted by molar-refractivity contribution is 7.94. The number of fused-ring (bicyclic) bond motifs is 1. The maximum absolute atomic E-state index is 13.8. The van der Waals surface area contributed by atoms with Crippen LogP contribution in [0, 0.1) is 0 Å². The Labute approximate surface area is 234 Å². The van der Waals surface area contributed by atoms with Gasteiger partial charge in [0.15, 0.2) is 15.7 Å². The number of aliphatic hydroxyl groups excluding tert-OH is 1. The molecule has 0 bridgehead atoms. The molecule has 1 atom stereocenters. The number of nitrogens with zero attached hydrogens (tertiary/aromatic N) is 3. The van der Waals surface area contributed by atoms with Crippen molar-refractivity contribution in [3.05, 3.63) is 52.6 Å². The molecule has 10 nitrogen and oxygen atoms in total. The summed E-state index contributed by atoms with van der Waals surface area (Å²) in [5.41, 5.74) is 1.14. The van der Waals surface area contributed by atoms with E-state index >= 15 is 0 Å². The van der Waals surface area contributed by atoms with E-state index in [1.54, 1.807) is 35.4 Å². The Morgan fingerprint density at radius 2 is 1.92 bits per heavy atom. The maximum Gasteiger partial charge on any atom is 0.287 e. The molecule has 1 aliphatic heterocycles. The van der Waals surface area contributed by atoms with Gasteiger partial charge >= 0.3 is 0 Å². The van der Waals surface area contributed by atoms with Crippen molar-refractivity contribution in [2.45, 2.75) is 80.7 Å². The third kappa shape index (κ3) is 5.21. The molecule has 2 fully saturated rings. The Morgan fingerprint density at radius 3 is 2.54 bits per heavy atom. The summed E-state index contributed by atoms with van der Waals surface area (Å²) in [4.78, 5) is 31.9. The van der Waals surface area contributed by atoms with Crippen LogP contribution >= 0.6 is 11.6 Å². The number of carbonyl (C=O) groups is 2. The average molecular weight is 578 g/mol. The number of carbonyl (C=O) groups excluding carboxylic acids is 2. The van der Waals surface area contributed by atoms with E-state index in [1.807, 2.05) is 12.1 Å². The highest BCUT2D eigenvalue weighted by Crippen LogP contribution is 2.50. The minimum absolute atomic E-state index is 0.0592. The van der Waals surface area contributed by atoms with Gasteiger partial charge in [-0.2, -0.15) is 0 Å². The second kappa shape index (κ2) is 10.5. The van der Waals surface area contributed by atoms with Gasteiger partial charge in [-0.25, -0.2) is 13.4 Å². The minimum atomic E-state index is -3.79. The molecule has 3 N–H and O–H groups in total. The molecule has 2 aliphatic carbocycles. The lowest BCUT2D eigenvalue weighted by atomic mass is 9.92. The molecule has 12 heteroatoms. The van der Waals surface area contributed by atoms with Crippen molar-refractivity contribution in [3.63, 3.8) is 0 Å². The number of aromatic nitrogens is 2. The first-order valence-electron chi connectivity index (χ1n) is 13.5. The number of benzene rings is 1. The molecule has 1 unspecified atom stereocenters. The second-order valence-corrected chi connectivity index (χ2v) is 14.9. The summed E-state index contributed by atoms with van der Waals surface area (Å²) < 4.78 is 26.8. The Morgan fingerprint density at radius 1 is 1.23 bits per heavy atom. The number of rotatable bonds is 11. The summed E-state index contributed by atoms with van der Waals surface area (Å²) in [6.07, 6.45) is 4.45. The van der Waals surface area contributed by atoms with Crippen LogP contribution in [0.4, 0.5) is 0 Å². The molecule has 2 heterocycles. The van der Waals surface area contributed by atoms with Crippen LogP contribution in [-0.2, 0) is 22.9 Å². The van der Waals surface area contributed by atoms with E-state index in [0.29, 0.717) is 30.5 Å². The average Bonchev–Trinajstić information content (AvgIpc) is 3.54. The van der Waals surface area contributed by atoms with E-state index in [9.17, 15) is 23.1 Å². The number of aliphatic hydroxyl groups is 1. The van der Waals surface area contributed by atoms with Crippen LogP contribution in [0.3, 0.4) is 0 Å². The van der Waals surface area contributed by atoms with E-state index in [-0.39, 0.29) is 43.6 Å². The van der Waals surface area contributed by atoms with Crippen molar-refractivity contribution in [1.82, 2.24) is 25.1 Å². The predicted molar refractivity (Wildman–Crippen MR) is 147 cm³/mol. The van der Waals surface area contributed by atoms with Crippen LogP contribution in [0.1, 0.15) is 72.6 Å². The minimum Gasteiger partial charge on any atom is -0.390 e. The summed E-state index contributed by atoms with van der Waals surface area (Å²) in [6.45, 7) is 4.33. The predicted octanol–water partition coefficient (Wildman–Crippen LogP) is 2.15. The van der Waals surface area contributed by atoms with Crippen molar-refractivity contribution in [3.8, 4) is 0 Å². The standard InChI is InChI=1S/C27H36ClN5O5S/c1-26(2,22(34)16-29-20-4-3-5-20)39(37,38)27(10-11-27)17-32-12-13-33-21(25(32)36)15-30-23(33)24(35)31-14-18-6-8-19(28)9-7-18/h6-9,15,20,22,29,34H,3-5,10-14,16-17H2,1-2H3,(H,31,35). The van der Waals surface area contributed by atoms with E-state index in [2.05, 4.69) is 15.6 Å². The number of nitrogens with one attached hydrogen (secondary N) is 2. The van der Waals surface area contributed by atoms with Crippen LogP contribution in [0.25, 0.3) is 0 Å². The van der Waals surface area contributed by atoms with Crippen molar-refractivity contribution in [1.29, 1.82) is 0 Å². The summed E-state index contributed by atoms with van der Waals surface area (Å²) in [6, 6.07) is 7.47. The Balaban J connectivity index is 1.24. The Bertz CT molecular complexity index is 1350. The molecule has 3 aliphatic rings. The highest BCUT2D eigenvalue weighted by atomic mass is 35.5. The van der Waals surface area contributed by atoms with Gasteiger partial charge in [-0.05, 0) is 57.2 Å². The molecular weight excluding hydrogens is 542 g/mol. The first kappa shape index (κ1) is 28.1. The normalized spacial score (nSPS) is 19.8. The molecule has 2 amide bonds. The topological polar surface area (TPSA) is 134 Å². The highest BCUT2D eigenvalue weighted by Gasteiger charge is 2.62. The van der Waals surface area contributed by atoms with Gasteiger partial charge in [0.05, 0.1) is 21.8 Å². The molecular formula is C27H36ClN5O5S. The summed E-state index contributed by atoms with van der Waals surface area (Å²) in [5, 5.41) is 17.6. The fourth-order valence-corrected chi connectivity index (χ4v) is 7.97. The Kier molecular flexibility index (Phi) is 7.56. The number of hydrogen-bond donors (Lipinski definition) is 3. The molecule has 2 saturated carbocycles. The lowest BCUT2D eigenvalue weighted by Gasteiger charge is -2.38. The van der Waals surface area contributed by atoms with Crippen molar-refractivity contribution >= 4 is 33.3 Å². The quantitative estimate of drug-likeness (QED) is 0.372. The largest absolute Gasteiger partial charge is 0.390 e. The van der Waals surface area contributed by atoms with Crippen LogP contribution in [0.2, 0.25) is 5.02 Å². The number of imidazole rings is 1. The fourth-order valence-electron chi connectivity index (χ4n) is 5.33. The Hall–Kier alpha value is -2.47. The van der Waals surface area contributed by atoms with E-state index in [1.165, 1.54) is 6.20 Å². The number of sulfone groups is 1. The van der Waals surface area contributed by atoms with Gasteiger partial charge in [-0.1, -0.05) is 30.2 Å². The van der Waals surface area contributed by atoms with Crippen LogP contribution < -0.4 is 10.6 Å². The first-order chi connectivity index (χ1) is 18.4. The zero-order valence-electron chi connectivity index (χ0n) is 22.3. The lowest BCUT2D eigenvalue weighted by molar-refractivity contribution is 0.0697. The van der Waals surface area contributed by atoms with Crippen molar-refractivity contribution < 1.29 is 23.1 Å². The number of amides is 2. The van der Waals surface area contributed by atoms with Gasteiger partial charge < -0.3 is 25.2 Å². The van der Waals surface area contributed by atoms with Gasteiger partial charge in [-0.15, -0.1) is 0 Å². The van der Waals surface area contributed by atoms with Crippen molar-refractivity contribution in [2.24, 2.45) is 0 Å². The van der Waals surface area contributed by atoms with Gasteiger partial charge in [0.2, 0.25) is 0 Å². The lowest BCUT2D eigenvalue weighted by Crippen LogP contribution is -2.57. The molecule has 0 saturated heterocycles. The van der Waals surface area contributed by atoms with E-state index < -0.39 is 31.3 Å². The smallest absolute Gasteiger partial charge is 0.287 e. The van der Waals surface area contributed by atoms with E-state index in [0.717, 1.165) is 24.8 Å².